The van der Waals surface area contributed by atoms with Crippen molar-refractivity contribution in [3.8, 4) is 0 Å². The largest absolute Gasteiger partial charge is 0.349 e. The molecule has 3 N–H and O–H groups in total. The Morgan fingerprint density at radius 1 is 0.857 bits per heavy atom. The van der Waals surface area contributed by atoms with Gasteiger partial charge in [0.1, 0.15) is 0 Å². The molecule has 1 aliphatic carbocycles. The lowest BCUT2D eigenvalue weighted by Gasteiger charge is -2.22. The maximum atomic E-state index is 12.3. The van der Waals surface area contributed by atoms with E-state index in [1.54, 1.807) is 42.5 Å². The number of hydrogen-bond acceptors (Lipinski definition) is 3. The van der Waals surface area contributed by atoms with Gasteiger partial charge in [0.25, 0.3) is 11.8 Å². The van der Waals surface area contributed by atoms with Crippen molar-refractivity contribution in [2.45, 2.75) is 38.1 Å². The van der Waals surface area contributed by atoms with E-state index in [-0.39, 0.29) is 22.5 Å². The molecule has 1 aliphatic rings. The van der Waals surface area contributed by atoms with E-state index in [0.29, 0.717) is 11.3 Å². The zero-order valence-corrected chi connectivity index (χ0v) is 16.1. The molecule has 6 nitrogen and oxygen atoms in total. The number of rotatable bonds is 4. The number of imide groups is 1. The number of carbonyl (C=O) groups excluding carboxylic acids is 3. The van der Waals surface area contributed by atoms with Gasteiger partial charge in [-0.05, 0) is 49.2 Å². The van der Waals surface area contributed by atoms with E-state index in [4.69, 9.17) is 11.6 Å². The molecule has 0 aromatic heterocycles. The van der Waals surface area contributed by atoms with Crippen LogP contribution in [-0.2, 0) is 0 Å². The number of benzene rings is 2. The summed E-state index contributed by atoms with van der Waals surface area (Å²) in [5, 5.41) is 8.10. The Labute approximate surface area is 168 Å². The number of carbonyl (C=O) groups is 3. The summed E-state index contributed by atoms with van der Waals surface area (Å²) in [5.74, 6) is -0.705. The number of halogens is 1. The van der Waals surface area contributed by atoms with Crippen LogP contribution in [0.1, 0.15) is 52.8 Å². The van der Waals surface area contributed by atoms with Crippen LogP contribution in [0.25, 0.3) is 0 Å². The first kappa shape index (κ1) is 19.9. The number of anilines is 1. The summed E-state index contributed by atoms with van der Waals surface area (Å²) in [6, 6.07) is 12.6. The predicted molar refractivity (Wildman–Crippen MR) is 109 cm³/mol. The molecule has 2 aromatic rings. The molecule has 0 bridgehead atoms. The smallest absolute Gasteiger partial charge is 0.326 e. The summed E-state index contributed by atoms with van der Waals surface area (Å²) in [7, 11) is 0. The van der Waals surface area contributed by atoms with Crippen LogP contribution < -0.4 is 16.0 Å². The summed E-state index contributed by atoms with van der Waals surface area (Å²) in [4.78, 5) is 36.4. The third-order valence-corrected chi connectivity index (χ3v) is 5.02. The molecule has 0 heterocycles. The first-order chi connectivity index (χ1) is 13.5. The molecule has 3 rings (SSSR count). The van der Waals surface area contributed by atoms with E-state index in [2.05, 4.69) is 16.0 Å². The second-order valence-electron chi connectivity index (χ2n) is 6.77. The first-order valence-electron chi connectivity index (χ1n) is 9.31. The monoisotopic (exact) mass is 399 g/mol. The highest BCUT2D eigenvalue weighted by molar-refractivity contribution is 6.34. The molecule has 0 unspecified atom stereocenters. The molecule has 2 aromatic carbocycles. The standard InChI is InChI=1S/C21H22ClN3O3/c22-18-9-5-4-8-17(18)20(27)25-21(28)24-16-12-10-14(11-13-16)19(26)23-15-6-2-1-3-7-15/h4-5,8-13,15H,1-3,6-7H2,(H,23,26)(H2,24,25,27,28). The fourth-order valence-electron chi connectivity index (χ4n) is 3.20. The van der Waals surface area contributed by atoms with E-state index in [1.807, 2.05) is 0 Å². The highest BCUT2D eigenvalue weighted by Crippen LogP contribution is 2.18. The molecule has 4 amide bonds. The summed E-state index contributed by atoms with van der Waals surface area (Å²) < 4.78 is 0. The topological polar surface area (TPSA) is 87.3 Å². The van der Waals surface area contributed by atoms with E-state index in [1.165, 1.54) is 12.5 Å². The zero-order valence-electron chi connectivity index (χ0n) is 15.3. The van der Waals surface area contributed by atoms with Crippen LogP contribution in [0.4, 0.5) is 10.5 Å². The Morgan fingerprint density at radius 3 is 2.21 bits per heavy atom. The predicted octanol–water partition coefficient (Wildman–Crippen LogP) is 4.36. The average molecular weight is 400 g/mol. The molecule has 146 valence electrons. The quantitative estimate of drug-likeness (QED) is 0.713. The van der Waals surface area contributed by atoms with Gasteiger partial charge < -0.3 is 10.6 Å². The Hall–Kier alpha value is -2.86. The molecule has 1 saturated carbocycles. The highest BCUT2D eigenvalue weighted by Gasteiger charge is 2.17. The molecule has 28 heavy (non-hydrogen) atoms. The second-order valence-corrected chi connectivity index (χ2v) is 7.18. The van der Waals surface area contributed by atoms with Gasteiger partial charge in [0.2, 0.25) is 0 Å². The number of amides is 4. The van der Waals surface area contributed by atoms with E-state index in [0.717, 1.165) is 25.7 Å². The lowest BCUT2D eigenvalue weighted by Crippen LogP contribution is -2.36. The van der Waals surface area contributed by atoms with Crippen LogP contribution in [-0.4, -0.2) is 23.9 Å². The molecule has 0 saturated heterocycles. The third kappa shape index (κ3) is 5.33. The van der Waals surface area contributed by atoms with E-state index < -0.39 is 11.9 Å². The van der Waals surface area contributed by atoms with Gasteiger partial charge in [0.15, 0.2) is 0 Å². The fourth-order valence-corrected chi connectivity index (χ4v) is 3.42. The van der Waals surface area contributed by atoms with Gasteiger partial charge in [-0.2, -0.15) is 0 Å². The van der Waals surface area contributed by atoms with Crippen molar-refractivity contribution in [2.75, 3.05) is 5.32 Å². The Bertz CT molecular complexity index is 861. The molecule has 0 spiro atoms. The SMILES string of the molecule is O=C(NC(=O)c1ccccc1Cl)Nc1ccc(C(=O)NC2CCCCC2)cc1. The first-order valence-corrected chi connectivity index (χ1v) is 9.68. The summed E-state index contributed by atoms with van der Waals surface area (Å²) in [5.41, 5.74) is 1.22. The maximum absolute atomic E-state index is 12.3. The second kappa shape index (κ2) is 9.37. The Balaban J connectivity index is 1.53. The maximum Gasteiger partial charge on any atom is 0.326 e. The summed E-state index contributed by atoms with van der Waals surface area (Å²) >= 11 is 5.95. The van der Waals surface area contributed by atoms with E-state index in [9.17, 15) is 14.4 Å². The average Bonchev–Trinajstić information content (AvgIpc) is 2.69. The minimum Gasteiger partial charge on any atom is -0.349 e. The fraction of sp³-hybridized carbons (Fsp3) is 0.286. The van der Waals surface area contributed by atoms with Gasteiger partial charge in [0, 0.05) is 17.3 Å². The van der Waals surface area contributed by atoms with Crippen molar-refractivity contribution >= 4 is 35.1 Å². The van der Waals surface area contributed by atoms with Gasteiger partial charge in [-0.25, -0.2) is 4.79 Å². The van der Waals surface area contributed by atoms with Crippen LogP contribution in [0, 0.1) is 0 Å². The molecule has 1 fully saturated rings. The van der Waals surface area contributed by atoms with Crippen LogP contribution in [0.15, 0.2) is 48.5 Å². The Morgan fingerprint density at radius 2 is 1.54 bits per heavy atom. The normalized spacial score (nSPS) is 14.2. The van der Waals surface area contributed by atoms with Gasteiger partial charge >= 0.3 is 6.03 Å². The van der Waals surface area contributed by atoms with Crippen LogP contribution in [0.2, 0.25) is 5.02 Å². The van der Waals surface area contributed by atoms with Crippen molar-refractivity contribution in [3.63, 3.8) is 0 Å². The minimum absolute atomic E-state index is 0.114. The van der Waals surface area contributed by atoms with Gasteiger partial charge in [-0.15, -0.1) is 0 Å². The van der Waals surface area contributed by atoms with E-state index >= 15 is 0 Å². The van der Waals surface area contributed by atoms with Crippen LogP contribution in [0.3, 0.4) is 0 Å². The van der Waals surface area contributed by atoms with Gasteiger partial charge in [-0.3, -0.25) is 14.9 Å². The molecule has 0 aliphatic heterocycles. The van der Waals surface area contributed by atoms with Crippen molar-refractivity contribution in [1.29, 1.82) is 0 Å². The lowest BCUT2D eigenvalue weighted by atomic mass is 9.95. The highest BCUT2D eigenvalue weighted by atomic mass is 35.5. The Kier molecular flexibility index (Phi) is 6.66. The van der Waals surface area contributed by atoms with Crippen molar-refractivity contribution < 1.29 is 14.4 Å². The summed E-state index contributed by atoms with van der Waals surface area (Å²) in [6.07, 6.45) is 5.56. The third-order valence-electron chi connectivity index (χ3n) is 4.69. The molecule has 0 radical (unpaired) electrons. The molecule has 7 heteroatoms. The molecular weight excluding hydrogens is 378 g/mol. The van der Waals surface area contributed by atoms with Crippen LogP contribution in [0.5, 0.6) is 0 Å². The molecule has 0 atom stereocenters. The van der Waals surface area contributed by atoms with Gasteiger partial charge in [0.05, 0.1) is 10.6 Å². The van der Waals surface area contributed by atoms with Crippen molar-refractivity contribution in [3.05, 3.63) is 64.7 Å². The van der Waals surface area contributed by atoms with Crippen molar-refractivity contribution in [1.82, 2.24) is 10.6 Å². The van der Waals surface area contributed by atoms with Crippen LogP contribution >= 0.6 is 11.6 Å². The number of urea groups is 1. The minimum atomic E-state index is -0.677. The lowest BCUT2D eigenvalue weighted by molar-refractivity contribution is 0.0926. The van der Waals surface area contributed by atoms with Gasteiger partial charge in [-0.1, -0.05) is 43.0 Å². The molecular formula is C21H22ClN3O3. The zero-order chi connectivity index (χ0) is 19.9. The number of nitrogens with one attached hydrogen (secondary N) is 3. The number of hydrogen-bond donors (Lipinski definition) is 3. The summed E-state index contributed by atoms with van der Waals surface area (Å²) in [6.45, 7) is 0. The van der Waals surface area contributed by atoms with Crippen molar-refractivity contribution in [2.24, 2.45) is 0 Å².